The van der Waals surface area contributed by atoms with Crippen LogP contribution >= 0.6 is 11.6 Å². The third kappa shape index (κ3) is 2.23. The normalized spacial score (nSPS) is 10.7. The molecule has 2 aromatic rings. The van der Waals surface area contributed by atoms with Crippen molar-refractivity contribution in [3.8, 4) is 0 Å². The zero-order valence-corrected chi connectivity index (χ0v) is 11.1. The van der Waals surface area contributed by atoms with Crippen LogP contribution in [0.2, 0.25) is 5.02 Å². The number of fused-ring (bicyclic) bond motifs is 1. The Morgan fingerprint density at radius 2 is 2.21 bits per heavy atom. The van der Waals surface area contributed by atoms with Crippen molar-refractivity contribution in [2.24, 2.45) is 0 Å². The first kappa shape index (κ1) is 13.6. The molecule has 0 atom stereocenters. The monoisotopic (exact) mass is 281 g/mol. The molecule has 2 rings (SSSR count). The number of benzene rings is 1. The number of carbonyl (C=O) groups excluding carboxylic acids is 1. The highest BCUT2D eigenvalue weighted by molar-refractivity contribution is 6.31. The predicted molar refractivity (Wildman–Crippen MR) is 72.8 cm³/mol. The third-order valence-electron chi connectivity index (χ3n) is 2.87. The van der Waals surface area contributed by atoms with Crippen LogP contribution in [0.3, 0.4) is 0 Å². The quantitative estimate of drug-likeness (QED) is 0.784. The van der Waals surface area contributed by atoms with E-state index in [9.17, 15) is 14.0 Å². The van der Waals surface area contributed by atoms with Gasteiger partial charge in [0.15, 0.2) is 0 Å². The molecular weight excluding hydrogens is 271 g/mol. The van der Waals surface area contributed by atoms with Crippen LogP contribution < -0.4 is 5.43 Å². The average Bonchev–Trinajstić information content (AvgIpc) is 2.41. The first-order valence-corrected chi connectivity index (χ1v) is 5.98. The van der Waals surface area contributed by atoms with Crippen LogP contribution in [0.1, 0.15) is 17.3 Å². The van der Waals surface area contributed by atoms with Crippen LogP contribution in [0.4, 0.5) is 4.39 Å². The van der Waals surface area contributed by atoms with Crippen LogP contribution in [-0.4, -0.2) is 18.6 Å². The lowest BCUT2D eigenvalue weighted by Gasteiger charge is -2.11. The van der Waals surface area contributed by atoms with Crippen LogP contribution in [-0.2, 0) is 11.2 Å². The second-order valence-corrected chi connectivity index (χ2v) is 4.34. The molecule has 0 unspecified atom stereocenters. The van der Waals surface area contributed by atoms with Crippen LogP contribution in [0.5, 0.6) is 0 Å². The highest BCUT2D eigenvalue weighted by atomic mass is 35.5. The highest BCUT2D eigenvalue weighted by Gasteiger charge is 2.16. The number of rotatable bonds is 2. The molecule has 0 fully saturated rings. The Morgan fingerprint density at radius 3 is 2.79 bits per heavy atom. The molecule has 0 amide bonds. The maximum absolute atomic E-state index is 13.5. The van der Waals surface area contributed by atoms with Gasteiger partial charge in [-0.2, -0.15) is 0 Å². The zero-order chi connectivity index (χ0) is 14.2. The molecule has 0 saturated carbocycles. The molecule has 0 radical (unpaired) electrons. The van der Waals surface area contributed by atoms with Crippen molar-refractivity contribution in [3.05, 3.63) is 45.0 Å². The molecule has 0 aliphatic rings. The lowest BCUT2D eigenvalue weighted by Crippen LogP contribution is -2.20. The molecule has 0 saturated heterocycles. The smallest absolute Gasteiger partial charge is 0.326 e. The van der Waals surface area contributed by atoms with E-state index in [1.165, 1.54) is 20.3 Å². The Hall–Kier alpha value is -1.82. The fraction of sp³-hybridized carbons (Fsp3) is 0.167. The standard InChI is InChI=1S/C12H10BClFNO3/c1-2-16-5-7(12(18)19-13)11(17)6-3-9(15)8(14)4-10(6)16/h3-5H,2,13H2,1H3. The molecule has 0 N–H and O–H groups in total. The lowest BCUT2D eigenvalue weighted by molar-refractivity contribution is 0.0747. The van der Waals surface area contributed by atoms with Gasteiger partial charge in [0.2, 0.25) is 5.43 Å². The number of nitrogens with zero attached hydrogens (tertiary/aromatic N) is 1. The number of hydrogen-bond donors (Lipinski definition) is 0. The summed E-state index contributed by atoms with van der Waals surface area (Å²) in [5.41, 5.74) is -0.216. The number of halogens is 2. The van der Waals surface area contributed by atoms with Crippen molar-refractivity contribution in [2.45, 2.75) is 13.5 Å². The third-order valence-corrected chi connectivity index (χ3v) is 3.16. The van der Waals surface area contributed by atoms with E-state index in [4.69, 9.17) is 11.6 Å². The lowest BCUT2D eigenvalue weighted by atomic mass is 10.1. The summed E-state index contributed by atoms with van der Waals surface area (Å²) < 4.78 is 19.7. The Kier molecular flexibility index (Phi) is 3.62. The minimum absolute atomic E-state index is 0.0695. The molecule has 0 aliphatic carbocycles. The van der Waals surface area contributed by atoms with Gasteiger partial charge in [0.25, 0.3) is 0 Å². The van der Waals surface area contributed by atoms with Gasteiger partial charge in [-0.1, -0.05) is 11.6 Å². The molecule has 1 heterocycles. The number of aromatic nitrogens is 1. The summed E-state index contributed by atoms with van der Waals surface area (Å²) in [5, 5.41) is 0.0339. The van der Waals surface area contributed by atoms with E-state index in [0.29, 0.717) is 12.1 Å². The highest BCUT2D eigenvalue weighted by Crippen LogP contribution is 2.21. The van der Waals surface area contributed by atoms with E-state index in [0.717, 1.165) is 6.07 Å². The van der Waals surface area contributed by atoms with Gasteiger partial charge >= 0.3 is 14.0 Å². The molecule has 4 nitrogen and oxygen atoms in total. The van der Waals surface area contributed by atoms with Gasteiger partial charge in [0, 0.05) is 18.1 Å². The number of aryl methyl sites for hydroxylation is 1. The Morgan fingerprint density at radius 1 is 1.53 bits per heavy atom. The maximum Gasteiger partial charge on any atom is 0.326 e. The van der Waals surface area contributed by atoms with E-state index in [-0.39, 0.29) is 16.0 Å². The van der Waals surface area contributed by atoms with E-state index in [1.54, 1.807) is 4.57 Å². The van der Waals surface area contributed by atoms with Crippen LogP contribution in [0.15, 0.2) is 23.1 Å². The van der Waals surface area contributed by atoms with Gasteiger partial charge in [-0.15, -0.1) is 0 Å². The maximum atomic E-state index is 13.5. The second-order valence-electron chi connectivity index (χ2n) is 3.93. The molecule has 19 heavy (non-hydrogen) atoms. The molecule has 0 aliphatic heterocycles. The average molecular weight is 281 g/mol. The molecule has 7 heteroatoms. The largest absolute Gasteiger partial charge is 0.540 e. The van der Waals surface area contributed by atoms with Gasteiger partial charge in [0.05, 0.1) is 10.5 Å². The Bertz CT molecular complexity index is 729. The first-order chi connectivity index (χ1) is 8.99. The minimum atomic E-state index is -0.746. The van der Waals surface area contributed by atoms with Crippen LogP contribution in [0, 0.1) is 5.82 Å². The minimum Gasteiger partial charge on any atom is -0.540 e. The number of pyridine rings is 1. The van der Waals surface area contributed by atoms with Crippen molar-refractivity contribution in [1.29, 1.82) is 0 Å². The van der Waals surface area contributed by atoms with E-state index >= 15 is 0 Å². The Labute approximate surface area is 114 Å². The van der Waals surface area contributed by atoms with E-state index in [1.807, 2.05) is 6.92 Å². The summed E-state index contributed by atoms with van der Waals surface area (Å²) in [6.45, 7) is 2.34. The van der Waals surface area contributed by atoms with E-state index in [2.05, 4.69) is 4.65 Å². The zero-order valence-electron chi connectivity index (χ0n) is 10.4. The van der Waals surface area contributed by atoms with Gasteiger partial charge < -0.3 is 9.22 Å². The Balaban J connectivity index is 2.92. The van der Waals surface area contributed by atoms with Gasteiger partial charge in [-0.3, -0.25) is 4.79 Å². The van der Waals surface area contributed by atoms with Gasteiger partial charge in [-0.25, -0.2) is 9.18 Å². The number of hydrogen-bond acceptors (Lipinski definition) is 3. The molecule has 1 aromatic heterocycles. The molecule has 0 bridgehead atoms. The molecule has 98 valence electrons. The van der Waals surface area contributed by atoms with Gasteiger partial charge in [0.1, 0.15) is 11.4 Å². The fourth-order valence-corrected chi connectivity index (χ4v) is 2.06. The van der Waals surface area contributed by atoms with Crippen molar-refractivity contribution in [1.82, 2.24) is 4.57 Å². The molecule has 1 aromatic carbocycles. The fourth-order valence-electron chi connectivity index (χ4n) is 1.90. The molecule has 0 spiro atoms. The van der Waals surface area contributed by atoms with Gasteiger partial charge in [-0.05, 0) is 19.1 Å². The summed E-state index contributed by atoms with van der Waals surface area (Å²) in [5.74, 6) is -1.44. The van der Waals surface area contributed by atoms with E-state index < -0.39 is 17.2 Å². The van der Waals surface area contributed by atoms with Crippen molar-refractivity contribution >= 4 is 36.5 Å². The SMILES string of the molecule is BOC(=O)c1cn(CC)c2cc(Cl)c(F)cc2c1=O. The van der Waals surface area contributed by atoms with Crippen LogP contribution in [0.25, 0.3) is 10.9 Å². The number of carbonyl (C=O) groups is 1. The van der Waals surface area contributed by atoms with Crippen molar-refractivity contribution < 1.29 is 13.8 Å². The molecular formula is C12H10BClFNO3. The van der Waals surface area contributed by atoms with Crippen molar-refractivity contribution in [2.75, 3.05) is 0 Å². The summed E-state index contributed by atoms with van der Waals surface area (Å²) in [6.07, 6.45) is 1.39. The summed E-state index contributed by atoms with van der Waals surface area (Å²) in [4.78, 5) is 23.7. The summed E-state index contributed by atoms with van der Waals surface area (Å²) in [7, 11) is 1.19. The predicted octanol–water partition coefficient (Wildman–Crippen LogP) is 1.52. The topological polar surface area (TPSA) is 48.3 Å². The summed E-state index contributed by atoms with van der Waals surface area (Å²) >= 11 is 5.72. The second kappa shape index (κ2) is 5.05. The summed E-state index contributed by atoms with van der Waals surface area (Å²) in [6, 6.07) is 2.41. The first-order valence-electron chi connectivity index (χ1n) is 5.60. The van der Waals surface area contributed by atoms with Crippen molar-refractivity contribution in [3.63, 3.8) is 0 Å².